The quantitative estimate of drug-likeness (QED) is 0.599. The standard InChI is InChI=1S/C17H26N2OS/c1-4-5-6-10-17(2,3)13-19-16(20)15-14(8-7-11-18)9-12-21-15/h9,12H,4-6,10-11,13,18H2,1-3H3,(H,19,20). The van der Waals surface area contributed by atoms with E-state index in [9.17, 15) is 4.79 Å². The largest absolute Gasteiger partial charge is 0.351 e. The van der Waals surface area contributed by atoms with Gasteiger partial charge in [-0.1, -0.05) is 51.9 Å². The molecular formula is C17H26N2OS. The van der Waals surface area contributed by atoms with E-state index in [2.05, 4.69) is 37.9 Å². The van der Waals surface area contributed by atoms with Crippen molar-refractivity contribution in [3.05, 3.63) is 21.9 Å². The molecule has 3 nitrogen and oxygen atoms in total. The minimum atomic E-state index is -0.0325. The molecule has 0 aliphatic rings. The van der Waals surface area contributed by atoms with Crippen LogP contribution in [0.2, 0.25) is 0 Å². The van der Waals surface area contributed by atoms with E-state index in [1.54, 1.807) is 0 Å². The molecule has 1 amide bonds. The van der Waals surface area contributed by atoms with Crippen LogP contribution in [-0.2, 0) is 0 Å². The Morgan fingerprint density at radius 1 is 1.43 bits per heavy atom. The van der Waals surface area contributed by atoms with Crippen LogP contribution in [0.3, 0.4) is 0 Å². The smallest absolute Gasteiger partial charge is 0.262 e. The van der Waals surface area contributed by atoms with Crippen LogP contribution in [0.15, 0.2) is 11.4 Å². The normalized spacial score (nSPS) is 10.9. The number of unbranched alkanes of at least 4 members (excludes halogenated alkanes) is 2. The highest BCUT2D eigenvalue weighted by Gasteiger charge is 2.20. The Bertz CT molecular complexity index is 508. The van der Waals surface area contributed by atoms with Gasteiger partial charge in [0.05, 0.1) is 6.54 Å². The lowest BCUT2D eigenvalue weighted by Crippen LogP contribution is -2.33. The number of carbonyl (C=O) groups excluding carboxylic acids is 1. The van der Waals surface area contributed by atoms with E-state index in [1.807, 2.05) is 11.4 Å². The maximum Gasteiger partial charge on any atom is 0.262 e. The molecule has 1 aromatic rings. The van der Waals surface area contributed by atoms with Gasteiger partial charge in [0.2, 0.25) is 0 Å². The first kappa shape index (κ1) is 17.7. The summed E-state index contributed by atoms with van der Waals surface area (Å²) in [6, 6.07) is 1.87. The van der Waals surface area contributed by atoms with Gasteiger partial charge in [0.25, 0.3) is 5.91 Å². The fraction of sp³-hybridized carbons (Fsp3) is 0.588. The van der Waals surface area contributed by atoms with Crippen LogP contribution in [-0.4, -0.2) is 19.0 Å². The molecular weight excluding hydrogens is 280 g/mol. The van der Waals surface area contributed by atoms with Crippen molar-refractivity contribution in [2.24, 2.45) is 11.1 Å². The lowest BCUT2D eigenvalue weighted by Gasteiger charge is -2.24. The van der Waals surface area contributed by atoms with Crippen molar-refractivity contribution >= 4 is 17.2 Å². The number of nitrogens with two attached hydrogens (primary N) is 1. The molecule has 116 valence electrons. The van der Waals surface area contributed by atoms with Crippen LogP contribution in [0.25, 0.3) is 0 Å². The number of thiophene rings is 1. The number of rotatable bonds is 7. The lowest BCUT2D eigenvalue weighted by atomic mass is 9.87. The molecule has 0 saturated heterocycles. The fourth-order valence-electron chi connectivity index (χ4n) is 2.07. The second-order valence-corrected chi connectivity index (χ2v) is 6.89. The van der Waals surface area contributed by atoms with Crippen LogP contribution in [0, 0.1) is 17.3 Å². The average molecular weight is 306 g/mol. The Morgan fingerprint density at radius 2 is 2.19 bits per heavy atom. The molecule has 0 aliphatic carbocycles. The minimum Gasteiger partial charge on any atom is -0.351 e. The van der Waals surface area contributed by atoms with E-state index >= 15 is 0 Å². The molecule has 0 bridgehead atoms. The molecule has 0 aliphatic heterocycles. The molecule has 0 unspecified atom stereocenters. The van der Waals surface area contributed by atoms with Crippen LogP contribution >= 0.6 is 11.3 Å². The van der Waals surface area contributed by atoms with Gasteiger partial charge in [-0.2, -0.15) is 0 Å². The zero-order valence-electron chi connectivity index (χ0n) is 13.3. The summed E-state index contributed by atoms with van der Waals surface area (Å²) in [7, 11) is 0. The third-order valence-electron chi connectivity index (χ3n) is 3.38. The van der Waals surface area contributed by atoms with Gasteiger partial charge in [-0.25, -0.2) is 0 Å². The second-order valence-electron chi connectivity index (χ2n) is 5.97. The van der Waals surface area contributed by atoms with Gasteiger partial charge in [-0.15, -0.1) is 11.3 Å². The van der Waals surface area contributed by atoms with Crippen LogP contribution < -0.4 is 11.1 Å². The summed E-state index contributed by atoms with van der Waals surface area (Å²) in [4.78, 5) is 12.9. The molecule has 1 rings (SSSR count). The van der Waals surface area contributed by atoms with Crippen molar-refractivity contribution in [1.82, 2.24) is 5.32 Å². The predicted molar refractivity (Wildman–Crippen MR) is 90.5 cm³/mol. The van der Waals surface area contributed by atoms with Crippen molar-refractivity contribution in [1.29, 1.82) is 0 Å². The summed E-state index contributed by atoms with van der Waals surface area (Å²) in [6.07, 6.45) is 4.82. The van der Waals surface area contributed by atoms with E-state index < -0.39 is 0 Å². The van der Waals surface area contributed by atoms with Crippen LogP contribution in [0.5, 0.6) is 0 Å². The first-order valence-corrected chi connectivity index (χ1v) is 8.43. The van der Waals surface area contributed by atoms with E-state index in [-0.39, 0.29) is 11.3 Å². The molecule has 0 aromatic carbocycles. The number of hydrogen-bond acceptors (Lipinski definition) is 3. The number of carbonyl (C=O) groups is 1. The lowest BCUT2D eigenvalue weighted by molar-refractivity contribution is 0.0938. The van der Waals surface area contributed by atoms with Crippen molar-refractivity contribution in [2.75, 3.05) is 13.1 Å². The number of hydrogen-bond donors (Lipinski definition) is 2. The van der Waals surface area contributed by atoms with Gasteiger partial charge in [-0.05, 0) is 23.3 Å². The molecule has 1 aromatic heterocycles. The van der Waals surface area contributed by atoms with E-state index in [0.717, 1.165) is 12.0 Å². The first-order chi connectivity index (χ1) is 10.00. The maximum absolute atomic E-state index is 12.3. The molecule has 3 N–H and O–H groups in total. The zero-order valence-corrected chi connectivity index (χ0v) is 14.1. The zero-order chi connectivity index (χ0) is 15.7. The monoisotopic (exact) mass is 306 g/mol. The van der Waals surface area contributed by atoms with E-state index in [1.165, 1.54) is 30.6 Å². The van der Waals surface area contributed by atoms with Crippen molar-refractivity contribution in [3.63, 3.8) is 0 Å². The van der Waals surface area contributed by atoms with Gasteiger partial charge in [0.1, 0.15) is 4.88 Å². The fourth-order valence-corrected chi connectivity index (χ4v) is 2.84. The Hall–Kier alpha value is -1.31. The Labute approximate surface area is 132 Å². The summed E-state index contributed by atoms with van der Waals surface area (Å²) in [5.41, 5.74) is 6.27. The third-order valence-corrected chi connectivity index (χ3v) is 4.29. The van der Waals surface area contributed by atoms with Crippen LogP contribution in [0.1, 0.15) is 61.7 Å². The Morgan fingerprint density at radius 3 is 2.86 bits per heavy atom. The second kappa shape index (κ2) is 8.86. The Kier molecular flexibility index (Phi) is 7.49. The van der Waals surface area contributed by atoms with E-state index in [0.29, 0.717) is 18.0 Å². The number of nitrogens with one attached hydrogen (secondary N) is 1. The predicted octanol–water partition coefficient (Wildman–Crippen LogP) is 3.39. The first-order valence-electron chi connectivity index (χ1n) is 7.55. The summed E-state index contributed by atoms with van der Waals surface area (Å²) < 4.78 is 0. The van der Waals surface area contributed by atoms with Gasteiger partial charge in [0.15, 0.2) is 0 Å². The number of amides is 1. The molecule has 0 radical (unpaired) electrons. The molecule has 1 heterocycles. The Balaban J connectivity index is 2.55. The minimum absolute atomic E-state index is 0.0325. The summed E-state index contributed by atoms with van der Waals surface area (Å²) in [6.45, 7) is 7.60. The highest BCUT2D eigenvalue weighted by Crippen LogP contribution is 2.23. The summed E-state index contributed by atoms with van der Waals surface area (Å²) in [5, 5.41) is 4.93. The topological polar surface area (TPSA) is 55.1 Å². The molecule has 21 heavy (non-hydrogen) atoms. The molecule has 0 saturated carbocycles. The van der Waals surface area contributed by atoms with Crippen molar-refractivity contribution < 1.29 is 4.79 Å². The molecule has 0 spiro atoms. The SMILES string of the molecule is CCCCCC(C)(C)CNC(=O)c1sccc1C#CCN. The molecule has 0 atom stereocenters. The highest BCUT2D eigenvalue weighted by molar-refractivity contribution is 7.12. The average Bonchev–Trinajstić information content (AvgIpc) is 2.91. The summed E-state index contributed by atoms with van der Waals surface area (Å²) >= 11 is 1.42. The van der Waals surface area contributed by atoms with Gasteiger partial charge in [-0.3, -0.25) is 4.79 Å². The van der Waals surface area contributed by atoms with Crippen molar-refractivity contribution in [3.8, 4) is 11.8 Å². The van der Waals surface area contributed by atoms with Gasteiger partial charge in [0, 0.05) is 12.1 Å². The van der Waals surface area contributed by atoms with Gasteiger partial charge >= 0.3 is 0 Å². The highest BCUT2D eigenvalue weighted by atomic mass is 32.1. The molecule has 4 heteroatoms. The third kappa shape index (κ3) is 6.33. The summed E-state index contributed by atoms with van der Waals surface area (Å²) in [5.74, 6) is 5.71. The van der Waals surface area contributed by atoms with Gasteiger partial charge < -0.3 is 11.1 Å². The maximum atomic E-state index is 12.3. The van der Waals surface area contributed by atoms with Crippen LogP contribution in [0.4, 0.5) is 0 Å². The van der Waals surface area contributed by atoms with E-state index in [4.69, 9.17) is 5.73 Å². The van der Waals surface area contributed by atoms with Crippen molar-refractivity contribution in [2.45, 2.75) is 46.5 Å². The molecule has 0 fully saturated rings.